The van der Waals surface area contributed by atoms with Crippen molar-refractivity contribution in [3.05, 3.63) is 76.1 Å². The maximum Gasteiger partial charge on any atom is 0.254 e. The normalized spacial score (nSPS) is 19.2. The average Bonchev–Trinajstić information content (AvgIpc) is 2.78. The van der Waals surface area contributed by atoms with Crippen LogP contribution in [0.4, 0.5) is 14.5 Å². The summed E-state index contributed by atoms with van der Waals surface area (Å²) < 4.78 is 38.6. The fraction of sp³-hybridized carbons (Fsp3) is 0.333. The molecule has 2 aromatic carbocycles. The van der Waals surface area contributed by atoms with Gasteiger partial charge in [0, 0.05) is 46.7 Å². The highest BCUT2D eigenvalue weighted by Crippen LogP contribution is 2.49. The Morgan fingerprint density at radius 2 is 1.83 bits per heavy atom. The lowest BCUT2D eigenvalue weighted by Crippen LogP contribution is -2.39. The zero-order chi connectivity index (χ0) is 25.5. The maximum absolute atomic E-state index is 14.3. The molecule has 0 fully saturated rings. The maximum atomic E-state index is 14.3. The lowest BCUT2D eigenvalue weighted by Gasteiger charge is -2.40. The number of carbonyl (C=O) groups is 2. The number of hydrogen-bond acceptors (Lipinski definition) is 5. The van der Waals surface area contributed by atoms with Gasteiger partial charge in [0.25, 0.3) is 5.91 Å². The third-order valence-corrected chi connectivity index (χ3v) is 6.42. The van der Waals surface area contributed by atoms with E-state index in [9.17, 15) is 18.4 Å². The molecule has 4 rings (SSSR count). The molecule has 1 atom stereocenters. The summed E-state index contributed by atoms with van der Waals surface area (Å²) in [4.78, 5) is 27.0. The molecule has 0 bridgehead atoms. The van der Waals surface area contributed by atoms with Gasteiger partial charge in [-0.05, 0) is 37.0 Å². The van der Waals surface area contributed by atoms with Crippen molar-refractivity contribution in [1.29, 1.82) is 0 Å². The lowest BCUT2D eigenvalue weighted by molar-refractivity contribution is -0.118. The minimum Gasteiger partial charge on any atom is -0.497 e. The van der Waals surface area contributed by atoms with Crippen LogP contribution < -0.4 is 20.1 Å². The molecule has 6 nitrogen and oxygen atoms in total. The predicted molar refractivity (Wildman–Crippen MR) is 128 cm³/mol. The van der Waals surface area contributed by atoms with Gasteiger partial charge in [-0.2, -0.15) is 0 Å². The summed E-state index contributed by atoms with van der Waals surface area (Å²) in [5.74, 6) is -2.06. The third-order valence-electron chi connectivity index (χ3n) is 6.42. The number of Topliss-reactive ketones (excluding diaryl/α,β-unsaturated/α-hetero) is 1. The smallest absolute Gasteiger partial charge is 0.254 e. The van der Waals surface area contributed by atoms with Crippen molar-refractivity contribution in [1.82, 2.24) is 5.32 Å². The molecule has 2 aliphatic rings. The van der Waals surface area contributed by atoms with Gasteiger partial charge in [0.1, 0.15) is 23.1 Å². The Kier molecular flexibility index (Phi) is 6.40. The largest absolute Gasteiger partial charge is 0.497 e. The Hall–Kier alpha value is -3.68. The molecule has 0 aromatic heterocycles. The fourth-order valence-electron chi connectivity index (χ4n) is 4.89. The molecule has 2 N–H and O–H groups in total. The highest BCUT2D eigenvalue weighted by Gasteiger charge is 2.43. The van der Waals surface area contributed by atoms with Gasteiger partial charge >= 0.3 is 0 Å². The molecule has 8 heteroatoms. The number of benzene rings is 2. The number of allylic oxidation sites excluding steroid dienone is 3. The van der Waals surface area contributed by atoms with Crippen LogP contribution in [-0.2, 0) is 9.59 Å². The summed E-state index contributed by atoms with van der Waals surface area (Å²) in [6.45, 7) is 5.80. The molecule has 0 unspecified atom stereocenters. The number of dihydropyridines is 1. The minimum atomic E-state index is -0.894. The SMILES string of the molecule is COc1ccc([C@@H]2C(C(=O)Nc3ccc(F)cc3F)=C(C)NC3=C2C(=O)CC(C)(C)C3)c(OC)c1. The quantitative estimate of drug-likeness (QED) is 0.611. The summed E-state index contributed by atoms with van der Waals surface area (Å²) in [6.07, 6.45) is 0.949. The zero-order valence-electron chi connectivity index (χ0n) is 20.3. The van der Waals surface area contributed by atoms with E-state index < -0.39 is 23.5 Å². The molecule has 0 spiro atoms. The number of ketones is 1. The van der Waals surface area contributed by atoms with Crippen LogP contribution in [0.5, 0.6) is 11.5 Å². The van der Waals surface area contributed by atoms with Crippen molar-refractivity contribution in [2.75, 3.05) is 19.5 Å². The van der Waals surface area contributed by atoms with Gasteiger partial charge < -0.3 is 20.1 Å². The number of ether oxygens (including phenoxy) is 2. The molecule has 0 saturated carbocycles. The molecular weight excluding hydrogens is 454 g/mol. The van der Waals surface area contributed by atoms with Gasteiger partial charge in [0.05, 0.1) is 25.8 Å². The summed E-state index contributed by atoms with van der Waals surface area (Å²) in [6, 6.07) is 8.13. The van der Waals surface area contributed by atoms with E-state index in [1.165, 1.54) is 14.2 Å². The second kappa shape index (κ2) is 9.17. The summed E-state index contributed by atoms with van der Waals surface area (Å²) in [5.41, 5.74) is 2.25. The first-order chi connectivity index (χ1) is 16.5. The standard InChI is InChI=1S/C27H28F2N2O4/c1-14-23(26(33)31-19-9-6-15(28)10-18(19)29)24(17-8-7-16(34-4)11-22(17)35-5)25-20(30-14)12-27(2,3)13-21(25)32/h6-11,24,30H,12-13H2,1-5H3,(H,31,33)/t24-/m1/s1. The van der Waals surface area contributed by atoms with Crippen LogP contribution in [0.1, 0.15) is 45.1 Å². The van der Waals surface area contributed by atoms with Gasteiger partial charge in [-0.15, -0.1) is 0 Å². The number of carbonyl (C=O) groups excluding carboxylic acids is 2. The minimum absolute atomic E-state index is 0.0719. The second-order valence-corrected chi connectivity index (χ2v) is 9.62. The fourth-order valence-corrected chi connectivity index (χ4v) is 4.89. The Morgan fingerprint density at radius 1 is 1.09 bits per heavy atom. The predicted octanol–water partition coefficient (Wildman–Crippen LogP) is 5.22. The molecule has 35 heavy (non-hydrogen) atoms. The average molecular weight is 483 g/mol. The molecule has 184 valence electrons. The van der Waals surface area contributed by atoms with Gasteiger partial charge in [0.15, 0.2) is 5.78 Å². The van der Waals surface area contributed by atoms with E-state index in [2.05, 4.69) is 10.6 Å². The Bertz CT molecular complexity index is 1280. The number of anilines is 1. The molecule has 2 aromatic rings. The van der Waals surface area contributed by atoms with Gasteiger partial charge in [-0.1, -0.05) is 19.9 Å². The number of nitrogens with one attached hydrogen (secondary N) is 2. The van der Waals surface area contributed by atoms with Crippen LogP contribution in [0.15, 0.2) is 58.9 Å². The van der Waals surface area contributed by atoms with Crippen molar-refractivity contribution >= 4 is 17.4 Å². The van der Waals surface area contributed by atoms with Crippen molar-refractivity contribution < 1.29 is 27.8 Å². The van der Waals surface area contributed by atoms with Crippen molar-refractivity contribution in [2.24, 2.45) is 5.41 Å². The Labute approximate surface area is 203 Å². The van der Waals surface area contributed by atoms with Crippen LogP contribution in [0.3, 0.4) is 0 Å². The highest BCUT2D eigenvalue weighted by atomic mass is 19.1. The van der Waals surface area contributed by atoms with Gasteiger partial charge in [0.2, 0.25) is 0 Å². The van der Waals surface area contributed by atoms with Crippen LogP contribution >= 0.6 is 0 Å². The molecule has 1 heterocycles. The third kappa shape index (κ3) is 4.65. The van der Waals surface area contributed by atoms with E-state index in [1.54, 1.807) is 25.1 Å². The van der Waals surface area contributed by atoms with E-state index in [-0.39, 0.29) is 22.5 Å². The second-order valence-electron chi connectivity index (χ2n) is 9.62. The molecular formula is C27H28F2N2O4. The first kappa shape index (κ1) is 24.4. The summed E-state index contributed by atoms with van der Waals surface area (Å²) >= 11 is 0. The Balaban J connectivity index is 1.86. The van der Waals surface area contributed by atoms with E-state index in [4.69, 9.17) is 9.47 Å². The number of rotatable bonds is 5. The van der Waals surface area contributed by atoms with E-state index >= 15 is 0 Å². The molecule has 0 saturated heterocycles. The van der Waals surface area contributed by atoms with Crippen molar-refractivity contribution in [2.45, 2.75) is 39.5 Å². The first-order valence-corrected chi connectivity index (χ1v) is 11.3. The molecule has 1 aliphatic heterocycles. The van der Waals surface area contributed by atoms with E-state index in [1.807, 2.05) is 13.8 Å². The highest BCUT2D eigenvalue weighted by molar-refractivity contribution is 6.10. The van der Waals surface area contributed by atoms with E-state index in [0.717, 1.165) is 17.8 Å². The van der Waals surface area contributed by atoms with Crippen molar-refractivity contribution in [3.8, 4) is 11.5 Å². The van der Waals surface area contributed by atoms with Crippen LogP contribution in [0, 0.1) is 17.0 Å². The van der Waals surface area contributed by atoms with Crippen LogP contribution in [0.2, 0.25) is 0 Å². The van der Waals surface area contributed by atoms with Crippen LogP contribution in [-0.4, -0.2) is 25.9 Å². The number of amides is 1. The van der Waals surface area contributed by atoms with Gasteiger partial charge in [-0.25, -0.2) is 8.78 Å². The zero-order valence-corrected chi connectivity index (χ0v) is 20.3. The summed E-state index contributed by atoms with van der Waals surface area (Å²) in [7, 11) is 3.04. The number of halogens is 2. The number of methoxy groups -OCH3 is 2. The molecule has 0 radical (unpaired) electrons. The van der Waals surface area contributed by atoms with E-state index in [0.29, 0.717) is 47.2 Å². The Morgan fingerprint density at radius 3 is 2.49 bits per heavy atom. The van der Waals surface area contributed by atoms with Crippen molar-refractivity contribution in [3.63, 3.8) is 0 Å². The monoisotopic (exact) mass is 482 g/mol. The molecule has 1 amide bonds. The van der Waals surface area contributed by atoms with Crippen LogP contribution in [0.25, 0.3) is 0 Å². The number of hydrogen-bond donors (Lipinski definition) is 2. The van der Waals surface area contributed by atoms with Gasteiger partial charge in [-0.3, -0.25) is 9.59 Å². The summed E-state index contributed by atoms with van der Waals surface area (Å²) in [5, 5.41) is 5.81. The lowest BCUT2D eigenvalue weighted by atomic mass is 9.68. The first-order valence-electron chi connectivity index (χ1n) is 11.3. The topological polar surface area (TPSA) is 76.7 Å². The molecule has 1 aliphatic carbocycles.